The largest absolute Gasteiger partial charge is 0.481 e. The molecule has 126 valence electrons. The quantitative estimate of drug-likeness (QED) is 0.888. The van der Waals surface area contributed by atoms with Crippen LogP contribution in [-0.2, 0) is 4.79 Å². The third-order valence-corrected chi connectivity index (χ3v) is 4.45. The highest BCUT2D eigenvalue weighted by molar-refractivity contribution is 5.79. The van der Waals surface area contributed by atoms with Crippen LogP contribution in [0.4, 0.5) is 23.0 Å². The van der Waals surface area contributed by atoms with Crippen LogP contribution in [0.2, 0.25) is 0 Å². The topological polar surface area (TPSA) is 95.6 Å². The number of para-hydroxylation sites is 1. The van der Waals surface area contributed by atoms with Crippen molar-refractivity contribution in [3.63, 3.8) is 0 Å². The fourth-order valence-electron chi connectivity index (χ4n) is 3.01. The van der Waals surface area contributed by atoms with Gasteiger partial charge in [-0.15, -0.1) is 0 Å². The first kappa shape index (κ1) is 16.0. The van der Waals surface area contributed by atoms with Gasteiger partial charge in [0.1, 0.15) is 12.0 Å². The molecule has 1 fully saturated rings. The van der Waals surface area contributed by atoms with Gasteiger partial charge >= 0.3 is 5.97 Å². The highest BCUT2D eigenvalue weighted by Gasteiger charge is 2.27. The highest BCUT2D eigenvalue weighted by Crippen LogP contribution is 2.33. The minimum absolute atomic E-state index is 0.282. The van der Waals surface area contributed by atoms with Crippen LogP contribution in [0.15, 0.2) is 36.7 Å². The lowest BCUT2D eigenvalue weighted by Gasteiger charge is -2.32. The number of rotatable bonds is 4. The van der Waals surface area contributed by atoms with E-state index in [9.17, 15) is 4.79 Å². The molecule has 0 atom stereocenters. The average Bonchev–Trinajstić information content (AvgIpc) is 2.62. The molecule has 1 aromatic heterocycles. The predicted octanol–water partition coefficient (Wildman–Crippen LogP) is 2.13. The standard InChI is InChI=1S/C17H21N5O2/c1-21(13-5-3-2-4-6-13)15-14(18)16(20-11-19-15)22-9-7-12(8-10-22)17(23)24/h2-6,11-12H,7-10,18H2,1H3,(H,23,24). The maximum absolute atomic E-state index is 11.1. The summed E-state index contributed by atoms with van der Waals surface area (Å²) < 4.78 is 0. The first-order valence-corrected chi connectivity index (χ1v) is 7.95. The van der Waals surface area contributed by atoms with E-state index < -0.39 is 5.97 Å². The van der Waals surface area contributed by atoms with Crippen molar-refractivity contribution in [2.24, 2.45) is 5.92 Å². The van der Waals surface area contributed by atoms with Gasteiger partial charge < -0.3 is 20.6 Å². The number of carboxylic acid groups (broad SMARTS) is 1. The number of carboxylic acids is 1. The molecule has 7 nitrogen and oxygen atoms in total. The zero-order chi connectivity index (χ0) is 17.1. The van der Waals surface area contributed by atoms with E-state index in [1.165, 1.54) is 6.33 Å². The van der Waals surface area contributed by atoms with Crippen molar-refractivity contribution in [3.8, 4) is 0 Å². The van der Waals surface area contributed by atoms with Gasteiger partial charge in [-0.1, -0.05) is 18.2 Å². The first-order chi connectivity index (χ1) is 11.6. The van der Waals surface area contributed by atoms with Crippen molar-refractivity contribution in [3.05, 3.63) is 36.7 Å². The maximum Gasteiger partial charge on any atom is 0.306 e. The molecule has 24 heavy (non-hydrogen) atoms. The second-order valence-electron chi connectivity index (χ2n) is 5.93. The Morgan fingerprint density at radius 1 is 1.25 bits per heavy atom. The molecule has 0 radical (unpaired) electrons. The number of nitrogen functional groups attached to an aromatic ring is 1. The van der Waals surface area contributed by atoms with E-state index in [0.29, 0.717) is 43.3 Å². The van der Waals surface area contributed by atoms with E-state index in [4.69, 9.17) is 10.8 Å². The molecule has 0 spiro atoms. The van der Waals surface area contributed by atoms with Crippen LogP contribution in [0.3, 0.4) is 0 Å². The number of nitrogens with zero attached hydrogens (tertiary/aromatic N) is 4. The van der Waals surface area contributed by atoms with Crippen molar-refractivity contribution in [2.45, 2.75) is 12.8 Å². The highest BCUT2D eigenvalue weighted by atomic mass is 16.4. The molecule has 3 N–H and O–H groups in total. The molecule has 1 aromatic carbocycles. The Morgan fingerprint density at radius 2 is 1.92 bits per heavy atom. The number of hydrogen-bond acceptors (Lipinski definition) is 6. The molecule has 0 unspecified atom stereocenters. The first-order valence-electron chi connectivity index (χ1n) is 7.95. The SMILES string of the molecule is CN(c1ccccc1)c1ncnc(N2CCC(C(=O)O)CC2)c1N. The number of aromatic nitrogens is 2. The Morgan fingerprint density at radius 3 is 2.54 bits per heavy atom. The maximum atomic E-state index is 11.1. The zero-order valence-electron chi connectivity index (χ0n) is 13.6. The average molecular weight is 327 g/mol. The van der Waals surface area contributed by atoms with Gasteiger partial charge in [-0.05, 0) is 25.0 Å². The summed E-state index contributed by atoms with van der Waals surface area (Å²) in [6.45, 7) is 1.26. The molecule has 1 aliphatic rings. The smallest absolute Gasteiger partial charge is 0.306 e. The van der Waals surface area contributed by atoms with E-state index >= 15 is 0 Å². The third-order valence-electron chi connectivity index (χ3n) is 4.45. The molecule has 0 saturated carbocycles. The summed E-state index contributed by atoms with van der Waals surface area (Å²) in [4.78, 5) is 23.7. The number of hydrogen-bond donors (Lipinski definition) is 2. The minimum atomic E-state index is -0.727. The summed E-state index contributed by atoms with van der Waals surface area (Å²) in [7, 11) is 1.91. The van der Waals surface area contributed by atoms with Crippen LogP contribution in [0, 0.1) is 5.92 Å². The van der Waals surface area contributed by atoms with Crippen LogP contribution in [-0.4, -0.2) is 41.2 Å². The van der Waals surface area contributed by atoms with Crippen molar-refractivity contribution in [2.75, 3.05) is 35.7 Å². The van der Waals surface area contributed by atoms with Crippen LogP contribution in [0.1, 0.15) is 12.8 Å². The Hall–Kier alpha value is -2.83. The van der Waals surface area contributed by atoms with Gasteiger partial charge in [-0.3, -0.25) is 4.79 Å². The van der Waals surface area contributed by atoms with E-state index in [0.717, 1.165) is 5.69 Å². The molecule has 2 heterocycles. The molecule has 0 aliphatic carbocycles. The Labute approximate surface area is 140 Å². The van der Waals surface area contributed by atoms with E-state index in [-0.39, 0.29) is 5.92 Å². The number of aliphatic carboxylic acids is 1. The second kappa shape index (κ2) is 6.74. The summed E-state index contributed by atoms with van der Waals surface area (Å²) >= 11 is 0. The second-order valence-corrected chi connectivity index (χ2v) is 5.93. The molecule has 1 saturated heterocycles. The normalized spacial score (nSPS) is 15.3. The lowest BCUT2D eigenvalue weighted by molar-refractivity contribution is -0.142. The molecule has 0 amide bonds. The summed E-state index contributed by atoms with van der Waals surface area (Å²) in [6.07, 6.45) is 2.70. The van der Waals surface area contributed by atoms with Crippen LogP contribution in [0.25, 0.3) is 0 Å². The molecule has 1 aliphatic heterocycles. The molecular weight excluding hydrogens is 306 g/mol. The summed E-state index contributed by atoms with van der Waals surface area (Å²) in [5, 5.41) is 9.12. The van der Waals surface area contributed by atoms with E-state index in [1.807, 2.05) is 47.2 Å². The molecular formula is C17H21N5O2. The summed E-state index contributed by atoms with van der Waals surface area (Å²) in [5.41, 5.74) is 7.82. The van der Waals surface area contributed by atoms with Gasteiger partial charge in [-0.25, -0.2) is 9.97 Å². The van der Waals surface area contributed by atoms with Crippen LogP contribution < -0.4 is 15.5 Å². The predicted molar refractivity (Wildman–Crippen MR) is 93.5 cm³/mol. The Balaban J connectivity index is 1.83. The number of carbonyl (C=O) groups is 1. The third kappa shape index (κ3) is 3.10. The summed E-state index contributed by atoms with van der Waals surface area (Å²) in [6, 6.07) is 9.85. The molecule has 0 bridgehead atoms. The molecule has 7 heteroatoms. The van der Waals surface area contributed by atoms with E-state index in [1.54, 1.807) is 0 Å². The fourth-order valence-corrected chi connectivity index (χ4v) is 3.01. The number of benzene rings is 1. The van der Waals surface area contributed by atoms with E-state index in [2.05, 4.69) is 9.97 Å². The summed E-state index contributed by atoms with van der Waals surface area (Å²) in [5.74, 6) is 0.309. The van der Waals surface area contributed by atoms with Crippen molar-refractivity contribution in [1.29, 1.82) is 0 Å². The van der Waals surface area contributed by atoms with Gasteiger partial charge in [0.25, 0.3) is 0 Å². The van der Waals surface area contributed by atoms with Crippen molar-refractivity contribution < 1.29 is 9.90 Å². The number of piperidine rings is 1. The Kier molecular flexibility index (Phi) is 4.50. The number of anilines is 4. The minimum Gasteiger partial charge on any atom is -0.481 e. The van der Waals surface area contributed by atoms with Crippen LogP contribution >= 0.6 is 0 Å². The van der Waals surface area contributed by atoms with Crippen molar-refractivity contribution >= 4 is 29.0 Å². The van der Waals surface area contributed by atoms with Gasteiger partial charge in [0.15, 0.2) is 11.6 Å². The number of nitrogens with two attached hydrogens (primary N) is 1. The van der Waals surface area contributed by atoms with Crippen LogP contribution in [0.5, 0.6) is 0 Å². The fraction of sp³-hybridized carbons (Fsp3) is 0.353. The van der Waals surface area contributed by atoms with Gasteiger partial charge in [-0.2, -0.15) is 0 Å². The van der Waals surface area contributed by atoms with Gasteiger partial charge in [0.05, 0.1) is 5.92 Å². The molecule has 3 rings (SSSR count). The monoisotopic (exact) mass is 327 g/mol. The zero-order valence-corrected chi connectivity index (χ0v) is 13.6. The van der Waals surface area contributed by atoms with Gasteiger partial charge in [0.2, 0.25) is 0 Å². The van der Waals surface area contributed by atoms with Crippen molar-refractivity contribution in [1.82, 2.24) is 9.97 Å². The Bertz CT molecular complexity index is 714. The lowest BCUT2D eigenvalue weighted by atomic mass is 9.97. The lowest BCUT2D eigenvalue weighted by Crippen LogP contribution is -2.37. The van der Waals surface area contributed by atoms with Gasteiger partial charge in [0, 0.05) is 25.8 Å². The molecule has 2 aromatic rings.